The Hall–Kier alpha value is -2.84. The maximum atomic E-state index is 6.08. The van der Waals surface area contributed by atoms with Crippen molar-refractivity contribution in [1.29, 1.82) is 0 Å². The molecule has 0 saturated carbocycles. The van der Waals surface area contributed by atoms with Crippen molar-refractivity contribution in [2.75, 3.05) is 0 Å². The van der Waals surface area contributed by atoms with Crippen molar-refractivity contribution in [1.82, 2.24) is 9.78 Å². The lowest BCUT2D eigenvalue weighted by Gasteiger charge is -2.08. The molecule has 0 aliphatic rings. The van der Waals surface area contributed by atoms with E-state index in [-0.39, 0.29) is 0 Å². The highest BCUT2D eigenvalue weighted by molar-refractivity contribution is 6.30. The monoisotopic (exact) mass is 386 g/mol. The fourth-order valence-electron chi connectivity index (χ4n) is 3.70. The molecule has 0 aliphatic carbocycles. The van der Waals surface area contributed by atoms with Crippen molar-refractivity contribution in [3.05, 3.63) is 106 Å². The zero-order valence-corrected chi connectivity index (χ0v) is 16.9. The predicted molar refractivity (Wildman–Crippen MR) is 117 cm³/mol. The van der Waals surface area contributed by atoms with Gasteiger partial charge in [0.1, 0.15) is 0 Å². The highest BCUT2D eigenvalue weighted by Crippen LogP contribution is 2.28. The lowest BCUT2D eigenvalue weighted by molar-refractivity contribution is 0.832. The molecule has 0 bridgehead atoms. The molecule has 28 heavy (non-hydrogen) atoms. The summed E-state index contributed by atoms with van der Waals surface area (Å²) in [6, 6.07) is 27.2. The molecule has 0 amide bonds. The molecule has 4 rings (SSSR count). The third kappa shape index (κ3) is 3.88. The third-order valence-electron chi connectivity index (χ3n) is 5.13. The molecular formula is C25H23ClN2. The number of benzene rings is 3. The van der Waals surface area contributed by atoms with E-state index in [1.807, 2.05) is 28.9 Å². The second-order valence-corrected chi connectivity index (χ2v) is 7.56. The highest BCUT2D eigenvalue weighted by atomic mass is 35.5. The van der Waals surface area contributed by atoms with Crippen LogP contribution in [0.2, 0.25) is 5.02 Å². The van der Waals surface area contributed by atoms with Gasteiger partial charge in [-0.05, 0) is 67.6 Å². The van der Waals surface area contributed by atoms with E-state index in [4.69, 9.17) is 16.7 Å². The van der Waals surface area contributed by atoms with Crippen LogP contribution in [0.4, 0.5) is 0 Å². The molecule has 0 unspecified atom stereocenters. The van der Waals surface area contributed by atoms with Gasteiger partial charge < -0.3 is 0 Å². The zero-order chi connectivity index (χ0) is 19.5. The molecule has 0 atom stereocenters. The number of hydrogen-bond acceptors (Lipinski definition) is 1. The quantitative estimate of drug-likeness (QED) is 0.378. The van der Waals surface area contributed by atoms with Crippen LogP contribution in [0.3, 0.4) is 0 Å². The van der Waals surface area contributed by atoms with E-state index in [0.29, 0.717) is 0 Å². The second-order valence-electron chi connectivity index (χ2n) is 7.12. The van der Waals surface area contributed by atoms with Crippen LogP contribution < -0.4 is 0 Å². The molecule has 0 fully saturated rings. The van der Waals surface area contributed by atoms with Gasteiger partial charge in [-0.15, -0.1) is 0 Å². The van der Waals surface area contributed by atoms with E-state index in [2.05, 4.69) is 68.4 Å². The minimum Gasteiger partial charge on any atom is -0.237 e. The zero-order valence-electron chi connectivity index (χ0n) is 16.2. The number of rotatable bonds is 5. The summed E-state index contributed by atoms with van der Waals surface area (Å²) in [6.07, 6.45) is 1.98. The Morgan fingerprint density at radius 3 is 2.21 bits per heavy atom. The van der Waals surface area contributed by atoms with Gasteiger partial charge in [-0.25, -0.2) is 4.68 Å². The topological polar surface area (TPSA) is 17.8 Å². The number of halogens is 1. The molecule has 4 aromatic rings. The summed E-state index contributed by atoms with van der Waals surface area (Å²) in [4.78, 5) is 0. The van der Waals surface area contributed by atoms with E-state index in [1.54, 1.807) is 0 Å². The van der Waals surface area contributed by atoms with Crippen LogP contribution in [-0.4, -0.2) is 9.78 Å². The second kappa shape index (κ2) is 8.04. The summed E-state index contributed by atoms with van der Waals surface area (Å²) in [5.41, 5.74) is 8.31. The van der Waals surface area contributed by atoms with Crippen LogP contribution >= 0.6 is 11.6 Å². The van der Waals surface area contributed by atoms with Gasteiger partial charge in [0.2, 0.25) is 0 Å². The Balaban J connectivity index is 1.54. The maximum Gasteiger partial charge on any atom is 0.0679 e. The molecule has 1 heterocycles. The molecule has 0 aliphatic heterocycles. The SMILES string of the molecule is Cc1nn(-c2ccc(CCc3cccc(Cl)c3)cc2)c(C)c1-c1ccccc1. The fourth-order valence-corrected chi connectivity index (χ4v) is 3.91. The molecule has 140 valence electrons. The minimum absolute atomic E-state index is 0.798. The van der Waals surface area contributed by atoms with Gasteiger partial charge in [0.05, 0.1) is 11.4 Å². The lowest BCUT2D eigenvalue weighted by atomic mass is 10.0. The first kappa shape index (κ1) is 18.5. The van der Waals surface area contributed by atoms with E-state index < -0.39 is 0 Å². The first-order chi connectivity index (χ1) is 13.6. The maximum absolute atomic E-state index is 6.08. The normalized spacial score (nSPS) is 11.0. The molecule has 0 radical (unpaired) electrons. The van der Waals surface area contributed by atoms with Crippen LogP contribution in [0.5, 0.6) is 0 Å². The lowest BCUT2D eigenvalue weighted by Crippen LogP contribution is -2.00. The van der Waals surface area contributed by atoms with Crippen LogP contribution in [0.15, 0.2) is 78.9 Å². The van der Waals surface area contributed by atoms with E-state index in [1.165, 1.54) is 22.3 Å². The Kier molecular flexibility index (Phi) is 5.31. The molecule has 3 aromatic carbocycles. The molecule has 0 N–H and O–H groups in total. The van der Waals surface area contributed by atoms with Gasteiger partial charge in [0.25, 0.3) is 0 Å². The van der Waals surface area contributed by atoms with Crippen LogP contribution in [0.1, 0.15) is 22.5 Å². The van der Waals surface area contributed by atoms with Gasteiger partial charge in [-0.1, -0.05) is 66.2 Å². The Morgan fingerprint density at radius 2 is 1.50 bits per heavy atom. The van der Waals surface area contributed by atoms with Gasteiger partial charge in [0, 0.05) is 16.3 Å². The van der Waals surface area contributed by atoms with Crippen molar-refractivity contribution in [3.8, 4) is 16.8 Å². The van der Waals surface area contributed by atoms with Crippen LogP contribution in [0, 0.1) is 13.8 Å². The molecular weight excluding hydrogens is 364 g/mol. The van der Waals surface area contributed by atoms with Crippen LogP contribution in [-0.2, 0) is 12.8 Å². The summed E-state index contributed by atoms with van der Waals surface area (Å²) < 4.78 is 2.04. The minimum atomic E-state index is 0.798. The molecule has 0 saturated heterocycles. The summed E-state index contributed by atoms with van der Waals surface area (Å²) in [5.74, 6) is 0. The fraction of sp³-hybridized carbons (Fsp3) is 0.160. The number of nitrogens with zero attached hydrogens (tertiary/aromatic N) is 2. The highest BCUT2D eigenvalue weighted by Gasteiger charge is 2.14. The average molecular weight is 387 g/mol. The first-order valence-electron chi connectivity index (χ1n) is 9.57. The molecule has 2 nitrogen and oxygen atoms in total. The Morgan fingerprint density at radius 1 is 0.786 bits per heavy atom. The number of aromatic nitrogens is 2. The van der Waals surface area contributed by atoms with E-state index in [0.717, 1.165) is 34.9 Å². The van der Waals surface area contributed by atoms with Gasteiger partial charge >= 0.3 is 0 Å². The average Bonchev–Trinajstić information content (AvgIpc) is 3.01. The number of hydrogen-bond donors (Lipinski definition) is 0. The summed E-state index contributed by atoms with van der Waals surface area (Å²) in [5, 5.41) is 5.59. The predicted octanol–water partition coefficient (Wildman–Crippen LogP) is 6.59. The third-order valence-corrected chi connectivity index (χ3v) is 5.36. The first-order valence-corrected chi connectivity index (χ1v) is 9.95. The van der Waals surface area contributed by atoms with Crippen molar-refractivity contribution < 1.29 is 0 Å². The van der Waals surface area contributed by atoms with E-state index >= 15 is 0 Å². The summed E-state index contributed by atoms with van der Waals surface area (Å²) >= 11 is 6.08. The summed E-state index contributed by atoms with van der Waals surface area (Å²) in [6.45, 7) is 4.21. The van der Waals surface area contributed by atoms with Crippen molar-refractivity contribution >= 4 is 11.6 Å². The number of aryl methyl sites for hydroxylation is 3. The standard InChI is InChI=1S/C25H23ClN2/c1-18-25(22-8-4-3-5-9-22)19(2)28(27-18)24-15-13-20(14-16-24)11-12-21-7-6-10-23(26)17-21/h3-10,13-17H,11-12H2,1-2H3. The van der Waals surface area contributed by atoms with Crippen molar-refractivity contribution in [3.63, 3.8) is 0 Å². The largest absolute Gasteiger partial charge is 0.237 e. The molecule has 3 heteroatoms. The van der Waals surface area contributed by atoms with Crippen LogP contribution in [0.25, 0.3) is 16.8 Å². The molecule has 0 spiro atoms. The van der Waals surface area contributed by atoms with Crippen molar-refractivity contribution in [2.24, 2.45) is 0 Å². The Bertz CT molecular complexity index is 1080. The van der Waals surface area contributed by atoms with E-state index in [9.17, 15) is 0 Å². The summed E-state index contributed by atoms with van der Waals surface area (Å²) in [7, 11) is 0. The van der Waals surface area contributed by atoms with Crippen molar-refractivity contribution in [2.45, 2.75) is 26.7 Å². The van der Waals surface area contributed by atoms with Gasteiger partial charge in [0.15, 0.2) is 0 Å². The smallest absolute Gasteiger partial charge is 0.0679 e. The van der Waals surface area contributed by atoms with Gasteiger partial charge in [-0.2, -0.15) is 5.10 Å². The Labute approximate surface area is 171 Å². The van der Waals surface area contributed by atoms with Gasteiger partial charge in [-0.3, -0.25) is 0 Å². The molecule has 1 aromatic heterocycles.